The van der Waals surface area contributed by atoms with E-state index in [-0.39, 0.29) is 25.7 Å². The maximum atomic E-state index is 13.1. The van der Waals surface area contributed by atoms with Crippen molar-refractivity contribution in [3.63, 3.8) is 0 Å². The number of allylic oxidation sites excluding steroid dienone is 4. The molecule has 0 rings (SSSR count). The van der Waals surface area contributed by atoms with Gasteiger partial charge in [-0.2, -0.15) is 0 Å². The molecule has 0 bridgehead atoms. The summed E-state index contributed by atoms with van der Waals surface area (Å²) in [6, 6.07) is 0. The molecule has 0 heterocycles. The van der Waals surface area contributed by atoms with E-state index in [2.05, 4.69) is 72.8 Å². The van der Waals surface area contributed by atoms with E-state index in [4.69, 9.17) is 37.0 Å². The molecule has 17 nitrogen and oxygen atoms in total. The Balaban J connectivity index is 5.24. The second kappa shape index (κ2) is 71.8. The van der Waals surface area contributed by atoms with Gasteiger partial charge in [0, 0.05) is 25.7 Å². The Hall–Kier alpha value is -2.46. The quantitative estimate of drug-likeness (QED) is 0.0169. The van der Waals surface area contributed by atoms with E-state index in [9.17, 15) is 43.2 Å². The molecule has 0 aromatic heterocycles. The van der Waals surface area contributed by atoms with E-state index in [1.165, 1.54) is 186 Å². The van der Waals surface area contributed by atoms with Crippen LogP contribution in [-0.4, -0.2) is 96.7 Å². The highest BCUT2D eigenvalue weighted by Crippen LogP contribution is 2.45. The molecule has 5 atom stereocenters. The standard InChI is InChI=1S/C82H156O17P2/c1-8-9-10-11-12-13-14-15-19-26-31-36-41-49-56-63-79(84)92-69-77(98-81(86)65-59-52-43-38-33-28-23-18-21-25-30-35-40-47-54-61-74(4)5)71-96-100(88,89)94-67-76(83)68-95-101(90,91)97-72-78(70-93-80(85)64-57-50-45-44-48-55-62-75(6)7)99-82(87)66-58-51-42-37-32-27-22-17-16-20-24-29-34-39-46-53-60-73(2)3/h13-15,19,73-78,83H,8-12,16-18,20-72H2,1-7H3,(H,88,89)(H,90,91)/b14-13-,19-15-/t76?,77-,78-/m1/s1. The van der Waals surface area contributed by atoms with Crippen LogP contribution >= 0.6 is 15.6 Å². The zero-order valence-electron chi connectivity index (χ0n) is 65.9. The predicted molar refractivity (Wildman–Crippen MR) is 414 cm³/mol. The van der Waals surface area contributed by atoms with Crippen molar-refractivity contribution in [3.8, 4) is 0 Å². The van der Waals surface area contributed by atoms with Gasteiger partial charge in [0.15, 0.2) is 12.2 Å². The number of carbonyl (C=O) groups is 4. The summed E-state index contributed by atoms with van der Waals surface area (Å²) in [6.45, 7) is 11.8. The minimum atomic E-state index is -4.97. The zero-order valence-corrected chi connectivity index (χ0v) is 67.6. The summed E-state index contributed by atoms with van der Waals surface area (Å²) < 4.78 is 68.7. The summed E-state index contributed by atoms with van der Waals surface area (Å²) in [6.07, 6.45) is 63.4. The van der Waals surface area contributed by atoms with Crippen molar-refractivity contribution in [2.45, 2.75) is 420 Å². The molecule has 0 spiro atoms. The summed E-state index contributed by atoms with van der Waals surface area (Å²) in [4.78, 5) is 73.0. The number of esters is 4. The first-order valence-electron chi connectivity index (χ1n) is 41.7. The van der Waals surface area contributed by atoms with Crippen molar-refractivity contribution in [3.05, 3.63) is 24.3 Å². The molecule has 0 amide bonds. The fourth-order valence-electron chi connectivity index (χ4n) is 12.1. The van der Waals surface area contributed by atoms with Crippen LogP contribution in [0.5, 0.6) is 0 Å². The summed E-state index contributed by atoms with van der Waals surface area (Å²) in [5, 5.41) is 10.6. The third kappa shape index (κ3) is 75.6. The number of hydrogen-bond donors (Lipinski definition) is 3. The smallest absolute Gasteiger partial charge is 0.462 e. The molecule has 0 saturated carbocycles. The second-order valence-corrected chi connectivity index (χ2v) is 33.2. The second-order valence-electron chi connectivity index (χ2n) is 30.3. The number of phosphoric ester groups is 2. The van der Waals surface area contributed by atoms with Crippen LogP contribution in [0.4, 0.5) is 0 Å². The van der Waals surface area contributed by atoms with Gasteiger partial charge in [-0.25, -0.2) is 9.13 Å². The van der Waals surface area contributed by atoms with Crippen molar-refractivity contribution < 1.29 is 80.2 Å². The van der Waals surface area contributed by atoms with E-state index >= 15 is 0 Å². The average molecular weight is 1480 g/mol. The topological polar surface area (TPSA) is 237 Å². The molecular weight excluding hydrogens is 1320 g/mol. The number of ether oxygens (including phenoxy) is 4. The number of unbranched alkanes of at least 4 members (excludes halogenated alkanes) is 43. The third-order valence-corrected chi connectivity index (χ3v) is 20.4. The molecule has 0 aromatic carbocycles. The summed E-state index contributed by atoms with van der Waals surface area (Å²) in [5.41, 5.74) is 0. The summed E-state index contributed by atoms with van der Waals surface area (Å²) in [5.74, 6) is 0.144. The van der Waals surface area contributed by atoms with E-state index in [1.54, 1.807) is 0 Å². The Kier molecular flexibility index (Phi) is 70.0. The number of aliphatic hydroxyl groups excluding tert-OH is 1. The van der Waals surface area contributed by atoms with Gasteiger partial charge >= 0.3 is 39.5 Å². The highest BCUT2D eigenvalue weighted by molar-refractivity contribution is 7.47. The molecule has 596 valence electrons. The number of hydrogen-bond acceptors (Lipinski definition) is 15. The Labute approximate surface area is 618 Å². The predicted octanol–water partition coefficient (Wildman–Crippen LogP) is 24.1. The van der Waals surface area contributed by atoms with Crippen LogP contribution in [-0.2, 0) is 65.4 Å². The van der Waals surface area contributed by atoms with Crippen LogP contribution in [0, 0.1) is 17.8 Å². The zero-order chi connectivity index (χ0) is 74.4. The Bertz CT molecular complexity index is 2050. The first kappa shape index (κ1) is 98.5. The molecule has 0 aromatic rings. The Morgan fingerprint density at radius 2 is 0.535 bits per heavy atom. The fraction of sp³-hybridized carbons (Fsp3) is 0.902. The summed E-state index contributed by atoms with van der Waals surface area (Å²) in [7, 11) is -9.93. The first-order valence-corrected chi connectivity index (χ1v) is 44.7. The van der Waals surface area contributed by atoms with Gasteiger partial charge in [0.25, 0.3) is 0 Å². The SMILES string of the molecule is CCCCCC/C=C\C=C/CCCCCCCC(=O)OC[C@H](COP(=O)(O)OCC(O)COP(=O)(O)OC[C@@H](COC(=O)CCCCCCCCC(C)C)OC(=O)CCCCCCCCCCCCCCCCCCC(C)C)OC(=O)CCCCCCCCCCCCCCCCCC(C)C. The lowest BCUT2D eigenvalue weighted by Crippen LogP contribution is -2.30. The van der Waals surface area contributed by atoms with Gasteiger partial charge in [0.2, 0.25) is 0 Å². The first-order chi connectivity index (χ1) is 48.7. The molecule has 101 heavy (non-hydrogen) atoms. The van der Waals surface area contributed by atoms with Crippen LogP contribution in [0.3, 0.4) is 0 Å². The molecule has 0 radical (unpaired) electrons. The molecular formula is C82H156O17P2. The van der Waals surface area contributed by atoms with Crippen molar-refractivity contribution in [1.29, 1.82) is 0 Å². The summed E-state index contributed by atoms with van der Waals surface area (Å²) >= 11 is 0. The number of phosphoric acid groups is 2. The normalized spacial score (nSPS) is 14.1. The van der Waals surface area contributed by atoms with E-state index in [0.717, 1.165) is 127 Å². The molecule has 3 N–H and O–H groups in total. The van der Waals surface area contributed by atoms with Gasteiger partial charge in [0.05, 0.1) is 26.4 Å². The lowest BCUT2D eigenvalue weighted by atomic mass is 10.0. The van der Waals surface area contributed by atoms with Crippen molar-refractivity contribution >= 4 is 39.5 Å². The van der Waals surface area contributed by atoms with Crippen LogP contribution < -0.4 is 0 Å². The van der Waals surface area contributed by atoms with Crippen LogP contribution in [0.1, 0.15) is 402 Å². The molecule has 0 aliphatic carbocycles. The molecule has 0 aliphatic heterocycles. The van der Waals surface area contributed by atoms with Gasteiger partial charge < -0.3 is 33.8 Å². The lowest BCUT2D eigenvalue weighted by Gasteiger charge is -2.21. The molecule has 0 saturated heterocycles. The van der Waals surface area contributed by atoms with Crippen molar-refractivity contribution in [2.24, 2.45) is 17.8 Å². The molecule has 19 heteroatoms. The highest BCUT2D eigenvalue weighted by Gasteiger charge is 2.30. The number of carbonyl (C=O) groups excluding carboxylic acids is 4. The van der Waals surface area contributed by atoms with Crippen LogP contribution in [0.2, 0.25) is 0 Å². The van der Waals surface area contributed by atoms with E-state index < -0.39 is 97.5 Å². The molecule has 3 unspecified atom stereocenters. The van der Waals surface area contributed by atoms with E-state index in [0.29, 0.717) is 31.6 Å². The van der Waals surface area contributed by atoms with Crippen LogP contribution in [0.15, 0.2) is 24.3 Å². The minimum absolute atomic E-state index is 0.101. The fourth-order valence-corrected chi connectivity index (χ4v) is 13.7. The maximum absolute atomic E-state index is 13.1. The van der Waals surface area contributed by atoms with Crippen molar-refractivity contribution in [1.82, 2.24) is 0 Å². The van der Waals surface area contributed by atoms with Gasteiger partial charge in [0.1, 0.15) is 19.3 Å². The van der Waals surface area contributed by atoms with Gasteiger partial charge in [-0.05, 0) is 69.1 Å². The number of rotatable bonds is 78. The monoisotopic (exact) mass is 1480 g/mol. The number of aliphatic hydroxyl groups is 1. The Morgan fingerprint density at radius 3 is 0.802 bits per heavy atom. The average Bonchev–Trinajstić information content (AvgIpc) is 0.942. The minimum Gasteiger partial charge on any atom is -0.462 e. The molecule has 0 aliphatic rings. The third-order valence-electron chi connectivity index (χ3n) is 18.5. The van der Waals surface area contributed by atoms with Gasteiger partial charge in [-0.15, -0.1) is 0 Å². The van der Waals surface area contributed by atoms with Crippen LogP contribution in [0.25, 0.3) is 0 Å². The van der Waals surface area contributed by atoms with Gasteiger partial charge in [-0.1, -0.05) is 349 Å². The van der Waals surface area contributed by atoms with E-state index in [1.807, 2.05) is 0 Å². The highest BCUT2D eigenvalue weighted by atomic mass is 31.2. The van der Waals surface area contributed by atoms with Gasteiger partial charge in [-0.3, -0.25) is 37.3 Å². The largest absolute Gasteiger partial charge is 0.472 e. The lowest BCUT2D eigenvalue weighted by molar-refractivity contribution is -0.161. The Morgan fingerprint density at radius 1 is 0.307 bits per heavy atom. The van der Waals surface area contributed by atoms with Crippen molar-refractivity contribution in [2.75, 3.05) is 39.6 Å². The molecule has 0 fully saturated rings. The maximum Gasteiger partial charge on any atom is 0.472 e.